The summed E-state index contributed by atoms with van der Waals surface area (Å²) < 4.78 is 1.36. The van der Waals surface area contributed by atoms with E-state index in [1.165, 1.54) is 4.68 Å². The Morgan fingerprint density at radius 2 is 1.70 bits per heavy atom. The van der Waals surface area contributed by atoms with Gasteiger partial charge in [-0.25, -0.2) is 0 Å². The minimum absolute atomic E-state index is 0.258. The Bertz CT molecular complexity index is 658. The molecule has 0 unspecified atom stereocenters. The van der Waals surface area contributed by atoms with Crippen LogP contribution >= 0.6 is 0 Å². The molecule has 2 N–H and O–H groups in total. The summed E-state index contributed by atoms with van der Waals surface area (Å²) >= 11 is 0. The van der Waals surface area contributed by atoms with E-state index in [9.17, 15) is 4.79 Å². The van der Waals surface area contributed by atoms with Crippen LogP contribution < -0.4 is 16.2 Å². The Hall–Kier alpha value is -2.30. The van der Waals surface area contributed by atoms with E-state index >= 15 is 0 Å². The molecule has 1 aromatic heterocycles. The number of para-hydroxylation sites is 1. The third kappa shape index (κ3) is 4.12. The van der Waals surface area contributed by atoms with E-state index in [4.69, 9.17) is 5.73 Å². The first-order chi connectivity index (χ1) is 11.2. The van der Waals surface area contributed by atoms with Crippen molar-refractivity contribution in [2.45, 2.75) is 39.5 Å². The summed E-state index contributed by atoms with van der Waals surface area (Å²) in [7, 11) is 0. The van der Waals surface area contributed by atoms with Crippen LogP contribution in [0, 0.1) is 0 Å². The standard InChI is InChI=1S/C18H26N4O/c1-3-5-12-21(13-6-4-2)16-14-20-22(18(23)17(16)19)15-10-8-7-9-11-15/h7-11,14H,3-6,12-13,19H2,1-2H3. The van der Waals surface area contributed by atoms with E-state index in [-0.39, 0.29) is 11.2 Å². The van der Waals surface area contributed by atoms with E-state index in [0.29, 0.717) is 0 Å². The lowest BCUT2D eigenvalue weighted by Gasteiger charge is -2.25. The van der Waals surface area contributed by atoms with Gasteiger partial charge in [0.15, 0.2) is 0 Å². The second kappa shape index (κ2) is 8.36. The molecule has 0 saturated heterocycles. The number of rotatable bonds is 8. The monoisotopic (exact) mass is 314 g/mol. The minimum Gasteiger partial charge on any atom is -0.392 e. The molecule has 0 aliphatic carbocycles. The van der Waals surface area contributed by atoms with Gasteiger partial charge in [0.25, 0.3) is 5.56 Å². The van der Waals surface area contributed by atoms with Gasteiger partial charge in [-0.15, -0.1) is 0 Å². The van der Waals surface area contributed by atoms with Crippen LogP contribution in [0.3, 0.4) is 0 Å². The summed E-state index contributed by atoms with van der Waals surface area (Å²) in [5, 5.41) is 4.33. The average molecular weight is 314 g/mol. The summed E-state index contributed by atoms with van der Waals surface area (Å²) in [5.74, 6) is 0. The Morgan fingerprint density at radius 3 is 2.26 bits per heavy atom. The van der Waals surface area contributed by atoms with Gasteiger partial charge in [-0.1, -0.05) is 44.9 Å². The third-order valence-corrected chi connectivity index (χ3v) is 3.90. The molecule has 0 amide bonds. The number of benzene rings is 1. The van der Waals surface area contributed by atoms with Gasteiger partial charge in [0.2, 0.25) is 0 Å². The maximum atomic E-state index is 12.6. The highest BCUT2D eigenvalue weighted by molar-refractivity contribution is 5.65. The summed E-state index contributed by atoms with van der Waals surface area (Å²) in [5.41, 5.74) is 7.65. The molecule has 0 atom stereocenters. The van der Waals surface area contributed by atoms with Gasteiger partial charge in [0.1, 0.15) is 5.69 Å². The molecule has 0 radical (unpaired) electrons. The van der Waals surface area contributed by atoms with Crippen LogP contribution in [0.25, 0.3) is 5.69 Å². The Morgan fingerprint density at radius 1 is 1.09 bits per heavy atom. The van der Waals surface area contributed by atoms with Gasteiger partial charge >= 0.3 is 0 Å². The molecular formula is C18H26N4O. The van der Waals surface area contributed by atoms with Crippen LogP contribution in [-0.4, -0.2) is 22.9 Å². The fourth-order valence-corrected chi connectivity index (χ4v) is 2.51. The third-order valence-electron chi connectivity index (χ3n) is 3.90. The molecule has 0 saturated carbocycles. The first kappa shape index (κ1) is 17.1. The van der Waals surface area contributed by atoms with E-state index in [2.05, 4.69) is 23.8 Å². The number of unbranched alkanes of at least 4 members (excludes halogenated alkanes) is 2. The molecule has 5 nitrogen and oxygen atoms in total. The van der Waals surface area contributed by atoms with Crippen molar-refractivity contribution < 1.29 is 0 Å². The number of aromatic nitrogens is 2. The molecule has 23 heavy (non-hydrogen) atoms. The van der Waals surface area contributed by atoms with Crippen molar-refractivity contribution in [3.05, 3.63) is 46.9 Å². The first-order valence-corrected chi connectivity index (χ1v) is 8.37. The first-order valence-electron chi connectivity index (χ1n) is 8.37. The fraction of sp³-hybridized carbons (Fsp3) is 0.444. The second-order valence-corrected chi connectivity index (χ2v) is 5.69. The summed E-state index contributed by atoms with van der Waals surface area (Å²) in [6.07, 6.45) is 6.08. The molecule has 0 aliphatic heterocycles. The summed E-state index contributed by atoms with van der Waals surface area (Å²) in [6, 6.07) is 9.35. The highest BCUT2D eigenvalue weighted by atomic mass is 16.1. The summed E-state index contributed by atoms with van der Waals surface area (Å²) in [4.78, 5) is 14.8. The number of hydrogen-bond acceptors (Lipinski definition) is 4. The zero-order chi connectivity index (χ0) is 16.7. The number of nitrogens with two attached hydrogens (primary N) is 1. The van der Waals surface area contributed by atoms with Crippen LogP contribution in [-0.2, 0) is 0 Å². The van der Waals surface area contributed by atoms with Gasteiger partial charge in [0, 0.05) is 13.1 Å². The molecule has 2 aromatic rings. The lowest BCUT2D eigenvalue weighted by molar-refractivity contribution is 0.673. The number of nitrogen functional groups attached to an aromatic ring is 1. The van der Waals surface area contributed by atoms with Gasteiger partial charge in [-0.3, -0.25) is 4.79 Å². The normalized spacial score (nSPS) is 10.7. The lowest BCUT2D eigenvalue weighted by Crippen LogP contribution is -2.31. The highest BCUT2D eigenvalue weighted by Gasteiger charge is 2.15. The topological polar surface area (TPSA) is 64.2 Å². The van der Waals surface area contributed by atoms with Gasteiger partial charge in [-0.05, 0) is 25.0 Å². The van der Waals surface area contributed by atoms with E-state index in [0.717, 1.165) is 50.1 Å². The van der Waals surface area contributed by atoms with Crippen molar-refractivity contribution >= 4 is 11.4 Å². The molecule has 0 fully saturated rings. The van der Waals surface area contributed by atoms with Crippen LogP contribution in [0.15, 0.2) is 41.3 Å². The molecule has 2 rings (SSSR count). The largest absolute Gasteiger partial charge is 0.392 e. The molecule has 0 bridgehead atoms. The maximum absolute atomic E-state index is 12.6. The quantitative estimate of drug-likeness (QED) is 0.812. The second-order valence-electron chi connectivity index (χ2n) is 5.69. The Balaban J connectivity index is 2.35. The number of hydrogen-bond donors (Lipinski definition) is 1. The van der Waals surface area contributed by atoms with Gasteiger partial charge < -0.3 is 10.6 Å². The lowest BCUT2D eigenvalue weighted by atomic mass is 10.2. The number of anilines is 2. The Labute approximate surface area is 137 Å². The van der Waals surface area contributed by atoms with Crippen molar-refractivity contribution in [2.75, 3.05) is 23.7 Å². The van der Waals surface area contributed by atoms with Gasteiger partial charge in [-0.2, -0.15) is 9.78 Å². The average Bonchev–Trinajstić information content (AvgIpc) is 2.59. The fourth-order valence-electron chi connectivity index (χ4n) is 2.51. The molecule has 1 aromatic carbocycles. The van der Waals surface area contributed by atoms with Crippen LogP contribution in [0.5, 0.6) is 0 Å². The van der Waals surface area contributed by atoms with Crippen LogP contribution in [0.1, 0.15) is 39.5 Å². The van der Waals surface area contributed by atoms with E-state index in [1.807, 2.05) is 30.3 Å². The van der Waals surface area contributed by atoms with E-state index in [1.54, 1.807) is 6.20 Å². The minimum atomic E-state index is -0.258. The van der Waals surface area contributed by atoms with Gasteiger partial charge in [0.05, 0.1) is 17.6 Å². The van der Waals surface area contributed by atoms with Crippen molar-refractivity contribution in [3.8, 4) is 5.69 Å². The summed E-state index contributed by atoms with van der Waals surface area (Å²) in [6.45, 7) is 6.12. The van der Waals surface area contributed by atoms with Crippen molar-refractivity contribution in [1.29, 1.82) is 0 Å². The van der Waals surface area contributed by atoms with Crippen LogP contribution in [0.4, 0.5) is 11.4 Å². The van der Waals surface area contributed by atoms with Crippen molar-refractivity contribution in [1.82, 2.24) is 9.78 Å². The molecule has 5 heteroatoms. The SMILES string of the molecule is CCCCN(CCCC)c1cnn(-c2ccccc2)c(=O)c1N. The smallest absolute Gasteiger partial charge is 0.296 e. The zero-order valence-corrected chi connectivity index (χ0v) is 14.0. The molecule has 0 aliphatic rings. The Kier molecular flexibility index (Phi) is 6.20. The maximum Gasteiger partial charge on any atom is 0.296 e. The predicted molar refractivity (Wildman–Crippen MR) is 96.3 cm³/mol. The molecule has 0 spiro atoms. The van der Waals surface area contributed by atoms with Crippen molar-refractivity contribution in [3.63, 3.8) is 0 Å². The van der Waals surface area contributed by atoms with E-state index < -0.39 is 0 Å². The molecular weight excluding hydrogens is 288 g/mol. The highest BCUT2D eigenvalue weighted by Crippen LogP contribution is 2.20. The van der Waals surface area contributed by atoms with Crippen LogP contribution in [0.2, 0.25) is 0 Å². The number of nitrogens with zero attached hydrogens (tertiary/aromatic N) is 3. The van der Waals surface area contributed by atoms with Crippen molar-refractivity contribution in [2.24, 2.45) is 0 Å². The predicted octanol–water partition coefficient (Wildman–Crippen LogP) is 3.22. The molecule has 124 valence electrons. The molecule has 1 heterocycles. The zero-order valence-electron chi connectivity index (χ0n) is 14.0.